The Morgan fingerprint density at radius 3 is 2.60 bits per heavy atom. The summed E-state index contributed by atoms with van der Waals surface area (Å²) in [5.41, 5.74) is 8.61. The van der Waals surface area contributed by atoms with Gasteiger partial charge in [-0.1, -0.05) is 47.3 Å². The van der Waals surface area contributed by atoms with E-state index >= 15 is 0 Å². The Morgan fingerprint density at radius 2 is 1.77 bits per heavy atom. The third-order valence-corrected chi connectivity index (χ3v) is 7.42. The van der Waals surface area contributed by atoms with Crippen molar-refractivity contribution in [1.29, 1.82) is 5.26 Å². The van der Waals surface area contributed by atoms with E-state index in [9.17, 15) is 4.79 Å². The van der Waals surface area contributed by atoms with Gasteiger partial charge in [0.1, 0.15) is 5.69 Å². The number of carbonyl (C=O) groups excluding carboxylic acids is 1. The van der Waals surface area contributed by atoms with Gasteiger partial charge in [0.05, 0.1) is 48.5 Å². The Bertz CT molecular complexity index is 1740. The average Bonchev–Trinajstić information content (AvgIpc) is 3.44. The molecule has 1 N–H and O–H groups in total. The molecule has 10 heteroatoms. The molecule has 0 saturated heterocycles. The Morgan fingerprint density at radius 1 is 0.975 bits per heavy atom. The molecule has 3 heterocycles. The van der Waals surface area contributed by atoms with Gasteiger partial charge in [-0.2, -0.15) is 10.4 Å². The standard InChI is InChI=1S/C30H22N8OS/c31-16-21-5-7-22(8-6-21)18-37-19-25(34-36-37)20-38-26-3-1-2-4-28(26)40-29-15-23(9-10-27(29)38)17-33-35-30(39)24-11-13-32-14-12-24/h1-15,17,19H,18,20H2,(H,35,39)/b33-17+. The Hall–Kier alpha value is -5.27. The van der Waals surface area contributed by atoms with Crippen molar-refractivity contribution in [2.45, 2.75) is 22.9 Å². The van der Waals surface area contributed by atoms with E-state index in [0.717, 1.165) is 38.0 Å². The number of anilines is 2. The zero-order chi connectivity index (χ0) is 27.3. The molecule has 9 nitrogen and oxygen atoms in total. The molecule has 0 unspecified atom stereocenters. The number of aromatic nitrogens is 4. The monoisotopic (exact) mass is 542 g/mol. The fourth-order valence-corrected chi connectivity index (χ4v) is 5.50. The molecular weight excluding hydrogens is 520 g/mol. The van der Waals surface area contributed by atoms with Gasteiger partial charge >= 0.3 is 0 Å². The quantitative estimate of drug-likeness (QED) is 0.223. The molecule has 0 atom stereocenters. The zero-order valence-electron chi connectivity index (χ0n) is 21.2. The summed E-state index contributed by atoms with van der Waals surface area (Å²) in [5.74, 6) is -0.293. The van der Waals surface area contributed by atoms with Crippen LogP contribution in [0.3, 0.4) is 0 Å². The van der Waals surface area contributed by atoms with Crippen molar-refractivity contribution in [3.63, 3.8) is 0 Å². The van der Waals surface area contributed by atoms with Crippen molar-refractivity contribution >= 4 is 35.3 Å². The number of pyridine rings is 1. The van der Waals surface area contributed by atoms with Gasteiger partial charge in [0, 0.05) is 27.7 Å². The number of para-hydroxylation sites is 1. The van der Waals surface area contributed by atoms with Crippen LogP contribution in [0.2, 0.25) is 0 Å². The maximum Gasteiger partial charge on any atom is 0.271 e. The first-order valence-electron chi connectivity index (χ1n) is 12.5. The van der Waals surface area contributed by atoms with Gasteiger partial charge in [-0.3, -0.25) is 9.78 Å². The third kappa shape index (κ3) is 5.45. The van der Waals surface area contributed by atoms with Gasteiger partial charge in [0.25, 0.3) is 5.91 Å². The summed E-state index contributed by atoms with van der Waals surface area (Å²) in [5, 5.41) is 21.9. The van der Waals surface area contributed by atoms with Crippen LogP contribution in [0.4, 0.5) is 11.4 Å². The fraction of sp³-hybridized carbons (Fsp3) is 0.0667. The molecule has 6 rings (SSSR count). The third-order valence-electron chi connectivity index (χ3n) is 6.31. The lowest BCUT2D eigenvalue weighted by molar-refractivity contribution is 0.0955. The van der Waals surface area contributed by atoms with Crippen LogP contribution in [0.1, 0.15) is 32.7 Å². The molecular formula is C30H22N8OS. The van der Waals surface area contributed by atoms with Gasteiger partial charge in [0.2, 0.25) is 0 Å². The number of fused-ring (bicyclic) bond motifs is 2. The molecule has 0 saturated carbocycles. The van der Waals surface area contributed by atoms with Gasteiger partial charge < -0.3 is 4.90 Å². The highest BCUT2D eigenvalue weighted by atomic mass is 32.2. The highest BCUT2D eigenvalue weighted by molar-refractivity contribution is 7.99. The number of rotatable bonds is 7. The van der Waals surface area contributed by atoms with E-state index in [1.54, 1.807) is 54.6 Å². The van der Waals surface area contributed by atoms with Crippen molar-refractivity contribution in [2.24, 2.45) is 5.10 Å². The normalized spacial score (nSPS) is 12.0. The van der Waals surface area contributed by atoms with Crippen molar-refractivity contribution in [1.82, 2.24) is 25.4 Å². The summed E-state index contributed by atoms with van der Waals surface area (Å²) in [7, 11) is 0. The topological polar surface area (TPSA) is 112 Å². The second-order valence-electron chi connectivity index (χ2n) is 9.03. The SMILES string of the molecule is N#Cc1ccc(Cn2cc(CN3c4ccccc4Sc4cc(/C=N/NC(=O)c5ccncc5)ccc43)nn2)cc1. The summed E-state index contributed by atoms with van der Waals surface area (Å²) in [4.78, 5) is 20.6. The lowest BCUT2D eigenvalue weighted by Gasteiger charge is -2.32. The molecule has 1 aliphatic heterocycles. The molecule has 194 valence electrons. The molecule has 5 aromatic rings. The van der Waals surface area contributed by atoms with Crippen LogP contribution in [0.15, 0.2) is 112 Å². The first kappa shape index (κ1) is 25.0. The molecule has 0 spiro atoms. The summed E-state index contributed by atoms with van der Waals surface area (Å²) < 4.78 is 1.81. The maximum atomic E-state index is 12.3. The van der Waals surface area contributed by atoms with Gasteiger partial charge in [0.15, 0.2) is 0 Å². The average molecular weight is 543 g/mol. The van der Waals surface area contributed by atoms with Crippen LogP contribution in [-0.2, 0) is 13.1 Å². The number of nitrogens with zero attached hydrogens (tertiary/aromatic N) is 7. The van der Waals surface area contributed by atoms with E-state index < -0.39 is 0 Å². The molecule has 3 aromatic carbocycles. The van der Waals surface area contributed by atoms with Crippen molar-refractivity contribution in [3.8, 4) is 6.07 Å². The first-order chi connectivity index (χ1) is 19.7. The molecule has 0 bridgehead atoms. The molecule has 0 aliphatic carbocycles. The second-order valence-corrected chi connectivity index (χ2v) is 10.1. The number of hydrogen-bond donors (Lipinski definition) is 1. The van der Waals surface area contributed by atoms with E-state index in [0.29, 0.717) is 24.2 Å². The molecule has 1 aliphatic rings. The zero-order valence-corrected chi connectivity index (χ0v) is 22.0. The lowest BCUT2D eigenvalue weighted by atomic mass is 10.1. The molecule has 40 heavy (non-hydrogen) atoms. The van der Waals surface area contributed by atoms with Crippen LogP contribution in [-0.4, -0.2) is 32.1 Å². The van der Waals surface area contributed by atoms with Crippen LogP contribution < -0.4 is 10.3 Å². The highest BCUT2D eigenvalue weighted by Gasteiger charge is 2.24. The molecule has 1 amide bonds. The number of nitrogens with one attached hydrogen (secondary N) is 1. The summed E-state index contributed by atoms with van der Waals surface area (Å²) in [6, 6.07) is 27.3. The molecule has 0 radical (unpaired) electrons. The predicted molar refractivity (Wildman–Crippen MR) is 152 cm³/mol. The van der Waals surface area contributed by atoms with Gasteiger partial charge in [-0.25, -0.2) is 10.1 Å². The number of nitriles is 1. The number of hydrazone groups is 1. The minimum atomic E-state index is -0.293. The minimum absolute atomic E-state index is 0.293. The van der Waals surface area contributed by atoms with E-state index in [2.05, 4.69) is 61.1 Å². The fourth-order valence-electron chi connectivity index (χ4n) is 4.36. The number of hydrogen-bond acceptors (Lipinski definition) is 8. The summed E-state index contributed by atoms with van der Waals surface area (Å²) in [6.07, 6.45) is 6.73. The summed E-state index contributed by atoms with van der Waals surface area (Å²) in [6.45, 7) is 1.12. The minimum Gasteiger partial charge on any atom is -0.333 e. The van der Waals surface area contributed by atoms with E-state index in [1.807, 2.05) is 41.2 Å². The van der Waals surface area contributed by atoms with Crippen LogP contribution >= 0.6 is 11.8 Å². The Kier molecular flexibility index (Phi) is 7.03. The molecule has 0 fully saturated rings. The lowest BCUT2D eigenvalue weighted by Crippen LogP contribution is -2.20. The van der Waals surface area contributed by atoms with E-state index in [4.69, 9.17) is 5.26 Å². The maximum absolute atomic E-state index is 12.3. The first-order valence-corrected chi connectivity index (χ1v) is 13.3. The van der Waals surface area contributed by atoms with E-state index in [1.165, 1.54) is 0 Å². The Balaban J connectivity index is 1.20. The predicted octanol–water partition coefficient (Wildman–Crippen LogP) is 5.16. The number of carbonyl (C=O) groups is 1. The number of benzene rings is 3. The highest BCUT2D eigenvalue weighted by Crippen LogP contribution is 2.48. The van der Waals surface area contributed by atoms with Gasteiger partial charge in [-0.05, 0) is 59.7 Å². The summed E-state index contributed by atoms with van der Waals surface area (Å²) >= 11 is 1.70. The Labute approximate surface area is 234 Å². The largest absolute Gasteiger partial charge is 0.333 e. The van der Waals surface area contributed by atoms with Crippen LogP contribution in [0.5, 0.6) is 0 Å². The number of amides is 1. The van der Waals surface area contributed by atoms with Crippen molar-refractivity contribution in [3.05, 3.63) is 125 Å². The van der Waals surface area contributed by atoms with Gasteiger partial charge in [-0.15, -0.1) is 5.10 Å². The van der Waals surface area contributed by atoms with Crippen molar-refractivity contribution in [2.75, 3.05) is 4.90 Å². The van der Waals surface area contributed by atoms with E-state index in [-0.39, 0.29) is 5.91 Å². The molecule has 2 aromatic heterocycles. The second kappa shape index (κ2) is 11.2. The van der Waals surface area contributed by atoms with Crippen LogP contribution in [0.25, 0.3) is 0 Å². The smallest absolute Gasteiger partial charge is 0.271 e. The van der Waals surface area contributed by atoms with Crippen molar-refractivity contribution < 1.29 is 4.79 Å². The van der Waals surface area contributed by atoms with Crippen LogP contribution in [0, 0.1) is 11.3 Å².